The number of phenolic OH excluding ortho intramolecular Hbond substituents is 1. The number of hydrogen-bond donors (Lipinski definition) is 2. The zero-order valence-electron chi connectivity index (χ0n) is 10.2. The molecule has 3 nitrogen and oxygen atoms in total. The molecule has 0 radical (unpaired) electrons. The third kappa shape index (κ3) is 3.30. The second kappa shape index (κ2) is 5.98. The molecule has 0 amide bonds. The smallest absolute Gasteiger partial charge is 0.145 e. The van der Waals surface area contributed by atoms with Crippen molar-refractivity contribution in [1.29, 1.82) is 5.26 Å². The molecule has 2 N–H and O–H groups in total. The van der Waals surface area contributed by atoms with Crippen LogP contribution in [0.15, 0.2) is 42.5 Å². The first-order valence-electron chi connectivity index (χ1n) is 5.87. The predicted octanol–water partition coefficient (Wildman–Crippen LogP) is 2.69. The number of hydrogen-bond acceptors (Lipinski definition) is 3. The van der Waals surface area contributed by atoms with E-state index in [1.165, 1.54) is 6.07 Å². The maximum atomic E-state index is 13.8. The zero-order chi connectivity index (χ0) is 13.7. The van der Waals surface area contributed by atoms with E-state index in [0.717, 1.165) is 5.56 Å². The monoisotopic (exact) mass is 256 g/mol. The fourth-order valence-electron chi connectivity index (χ4n) is 1.76. The minimum atomic E-state index is -0.469. The molecule has 0 aliphatic heterocycles. The van der Waals surface area contributed by atoms with Gasteiger partial charge in [0.2, 0.25) is 0 Å². The van der Waals surface area contributed by atoms with Gasteiger partial charge in [-0.3, -0.25) is 0 Å². The third-order valence-corrected chi connectivity index (χ3v) is 2.78. The van der Waals surface area contributed by atoms with E-state index in [4.69, 9.17) is 10.4 Å². The number of halogens is 1. The van der Waals surface area contributed by atoms with Gasteiger partial charge in [-0.2, -0.15) is 5.26 Å². The highest BCUT2D eigenvalue weighted by Crippen LogP contribution is 2.13. The highest BCUT2D eigenvalue weighted by atomic mass is 19.1. The SMILES string of the molecule is N#Cc1cccc(CNCc2ccc(O)cc2)c1F. The number of benzene rings is 2. The Morgan fingerprint density at radius 3 is 2.53 bits per heavy atom. The van der Waals surface area contributed by atoms with E-state index >= 15 is 0 Å². The van der Waals surface area contributed by atoms with Gasteiger partial charge in [0.25, 0.3) is 0 Å². The normalized spacial score (nSPS) is 10.1. The third-order valence-electron chi connectivity index (χ3n) is 2.78. The van der Waals surface area contributed by atoms with Gasteiger partial charge in [-0.25, -0.2) is 4.39 Å². The van der Waals surface area contributed by atoms with Gasteiger partial charge < -0.3 is 10.4 Å². The van der Waals surface area contributed by atoms with E-state index in [9.17, 15) is 4.39 Å². The van der Waals surface area contributed by atoms with Crippen LogP contribution >= 0.6 is 0 Å². The molecule has 2 aromatic rings. The van der Waals surface area contributed by atoms with Crippen LogP contribution in [-0.2, 0) is 13.1 Å². The molecule has 0 heterocycles. The Kier molecular flexibility index (Phi) is 4.11. The van der Waals surface area contributed by atoms with Crippen molar-refractivity contribution in [3.05, 3.63) is 65.0 Å². The number of rotatable bonds is 4. The lowest BCUT2D eigenvalue weighted by molar-refractivity contribution is 0.475. The molecule has 0 atom stereocenters. The minimum Gasteiger partial charge on any atom is -0.508 e. The van der Waals surface area contributed by atoms with Crippen molar-refractivity contribution in [3.8, 4) is 11.8 Å². The van der Waals surface area contributed by atoms with Gasteiger partial charge in [0.1, 0.15) is 17.6 Å². The van der Waals surface area contributed by atoms with Gasteiger partial charge in [0.15, 0.2) is 0 Å². The van der Waals surface area contributed by atoms with Crippen molar-refractivity contribution < 1.29 is 9.50 Å². The lowest BCUT2D eigenvalue weighted by atomic mass is 10.1. The summed E-state index contributed by atoms with van der Waals surface area (Å²) < 4.78 is 13.8. The number of nitrogens with one attached hydrogen (secondary N) is 1. The molecule has 96 valence electrons. The fraction of sp³-hybridized carbons (Fsp3) is 0.133. The molecule has 4 heteroatoms. The van der Waals surface area contributed by atoms with Gasteiger partial charge in [-0.05, 0) is 23.8 Å². The van der Waals surface area contributed by atoms with Gasteiger partial charge in [0, 0.05) is 18.7 Å². The molecule has 2 aromatic carbocycles. The van der Waals surface area contributed by atoms with Crippen molar-refractivity contribution in [1.82, 2.24) is 5.32 Å². The van der Waals surface area contributed by atoms with E-state index in [0.29, 0.717) is 18.7 Å². The lowest BCUT2D eigenvalue weighted by Gasteiger charge is -2.07. The van der Waals surface area contributed by atoms with E-state index in [-0.39, 0.29) is 11.3 Å². The molecule has 0 fully saturated rings. The molecule has 0 aliphatic rings. The summed E-state index contributed by atoms with van der Waals surface area (Å²) in [6.07, 6.45) is 0. The van der Waals surface area contributed by atoms with Gasteiger partial charge in [0.05, 0.1) is 5.56 Å². The molecule has 0 spiro atoms. The molecule has 0 saturated heterocycles. The van der Waals surface area contributed by atoms with Crippen molar-refractivity contribution in [3.63, 3.8) is 0 Å². The van der Waals surface area contributed by atoms with Crippen LogP contribution in [-0.4, -0.2) is 5.11 Å². The molecular weight excluding hydrogens is 243 g/mol. The quantitative estimate of drug-likeness (QED) is 0.884. The van der Waals surface area contributed by atoms with Crippen molar-refractivity contribution in [2.75, 3.05) is 0 Å². The van der Waals surface area contributed by atoms with Crippen molar-refractivity contribution in [2.24, 2.45) is 0 Å². The lowest BCUT2D eigenvalue weighted by Crippen LogP contribution is -2.14. The van der Waals surface area contributed by atoms with Gasteiger partial charge >= 0.3 is 0 Å². The highest BCUT2D eigenvalue weighted by molar-refractivity contribution is 5.35. The van der Waals surface area contributed by atoms with Crippen LogP contribution in [0.2, 0.25) is 0 Å². The Labute approximate surface area is 110 Å². The Balaban J connectivity index is 1.96. The molecule has 2 rings (SSSR count). The average molecular weight is 256 g/mol. The van der Waals surface area contributed by atoms with E-state index in [1.807, 2.05) is 6.07 Å². The number of nitriles is 1. The molecule has 0 aliphatic carbocycles. The van der Waals surface area contributed by atoms with Crippen LogP contribution in [0.5, 0.6) is 5.75 Å². The van der Waals surface area contributed by atoms with Crippen LogP contribution in [0.3, 0.4) is 0 Å². The van der Waals surface area contributed by atoms with Crippen molar-refractivity contribution >= 4 is 0 Å². The van der Waals surface area contributed by atoms with Gasteiger partial charge in [-0.15, -0.1) is 0 Å². The van der Waals surface area contributed by atoms with Crippen LogP contribution in [0.4, 0.5) is 4.39 Å². The fourth-order valence-corrected chi connectivity index (χ4v) is 1.76. The summed E-state index contributed by atoms with van der Waals surface area (Å²) in [4.78, 5) is 0. The maximum absolute atomic E-state index is 13.8. The first-order chi connectivity index (χ1) is 9.20. The van der Waals surface area contributed by atoms with Crippen LogP contribution in [0.25, 0.3) is 0 Å². The molecular formula is C15H13FN2O. The van der Waals surface area contributed by atoms with Crippen LogP contribution < -0.4 is 5.32 Å². The maximum Gasteiger partial charge on any atom is 0.145 e. The highest BCUT2D eigenvalue weighted by Gasteiger charge is 2.06. The van der Waals surface area contributed by atoms with Crippen LogP contribution in [0.1, 0.15) is 16.7 Å². The Morgan fingerprint density at radius 1 is 1.11 bits per heavy atom. The number of aromatic hydroxyl groups is 1. The summed E-state index contributed by atoms with van der Waals surface area (Å²) in [5.41, 5.74) is 1.52. The molecule has 0 saturated carbocycles. The molecule has 0 bridgehead atoms. The second-order valence-corrected chi connectivity index (χ2v) is 4.16. The zero-order valence-corrected chi connectivity index (χ0v) is 10.2. The van der Waals surface area contributed by atoms with E-state index in [1.54, 1.807) is 36.4 Å². The molecule has 0 aromatic heterocycles. The largest absolute Gasteiger partial charge is 0.508 e. The summed E-state index contributed by atoms with van der Waals surface area (Å²) >= 11 is 0. The molecule has 0 unspecified atom stereocenters. The van der Waals surface area contributed by atoms with Gasteiger partial charge in [-0.1, -0.05) is 24.3 Å². The van der Waals surface area contributed by atoms with E-state index < -0.39 is 5.82 Å². The number of nitrogens with zero attached hydrogens (tertiary/aromatic N) is 1. The number of phenols is 1. The second-order valence-electron chi connectivity index (χ2n) is 4.16. The Morgan fingerprint density at radius 2 is 1.84 bits per heavy atom. The average Bonchev–Trinajstić information content (AvgIpc) is 2.43. The van der Waals surface area contributed by atoms with Crippen molar-refractivity contribution in [2.45, 2.75) is 13.1 Å². The summed E-state index contributed by atoms with van der Waals surface area (Å²) in [5.74, 6) is -0.250. The van der Waals surface area contributed by atoms with Crippen LogP contribution in [0, 0.1) is 17.1 Å². The Bertz CT molecular complexity index is 603. The standard InChI is InChI=1S/C15H13FN2O/c16-15-12(8-17)2-1-3-13(15)10-18-9-11-4-6-14(19)7-5-11/h1-7,18-19H,9-10H2. The molecule has 19 heavy (non-hydrogen) atoms. The predicted molar refractivity (Wildman–Crippen MR) is 69.8 cm³/mol. The summed E-state index contributed by atoms with van der Waals surface area (Å²) in [7, 11) is 0. The Hall–Kier alpha value is -2.38. The van der Waals surface area contributed by atoms with E-state index in [2.05, 4.69) is 5.32 Å². The first kappa shape index (κ1) is 13.1. The first-order valence-corrected chi connectivity index (χ1v) is 5.87. The summed E-state index contributed by atoms with van der Waals surface area (Å²) in [6, 6.07) is 13.4. The summed E-state index contributed by atoms with van der Waals surface area (Å²) in [6.45, 7) is 0.915. The minimum absolute atomic E-state index is 0.0592. The topological polar surface area (TPSA) is 56.0 Å². The summed E-state index contributed by atoms with van der Waals surface area (Å²) in [5, 5.41) is 21.0.